The van der Waals surface area contributed by atoms with E-state index in [1.54, 1.807) is 18.2 Å². The van der Waals surface area contributed by atoms with Gasteiger partial charge in [0, 0.05) is 19.1 Å². The molecule has 0 heterocycles. The van der Waals surface area contributed by atoms with Gasteiger partial charge in [0.05, 0.1) is 11.4 Å². The summed E-state index contributed by atoms with van der Waals surface area (Å²) in [5.74, 6) is 2.43. The lowest BCUT2D eigenvalue weighted by molar-refractivity contribution is 0.445. The highest BCUT2D eigenvalue weighted by molar-refractivity contribution is 7.89. The first-order valence-corrected chi connectivity index (χ1v) is 8.78. The van der Waals surface area contributed by atoms with Crippen molar-refractivity contribution in [1.82, 2.24) is 9.62 Å². The zero-order valence-electron chi connectivity index (χ0n) is 12.4. The fraction of sp³-hybridized carbons (Fsp3) is 0.500. The summed E-state index contributed by atoms with van der Waals surface area (Å²) < 4.78 is 26.6. The van der Waals surface area contributed by atoms with Crippen LogP contribution < -0.4 is 5.32 Å². The number of benzene rings is 1. The van der Waals surface area contributed by atoms with Crippen molar-refractivity contribution in [2.75, 3.05) is 13.1 Å². The Labute approximate surface area is 127 Å². The lowest BCUT2D eigenvalue weighted by Gasteiger charge is -2.19. The third-order valence-corrected chi connectivity index (χ3v) is 5.29. The quantitative estimate of drug-likeness (QED) is 0.747. The average molecular weight is 306 g/mol. The largest absolute Gasteiger partial charge is 0.310 e. The van der Waals surface area contributed by atoms with Crippen molar-refractivity contribution in [2.45, 2.75) is 43.7 Å². The van der Waals surface area contributed by atoms with Gasteiger partial charge in [0.15, 0.2) is 0 Å². The van der Waals surface area contributed by atoms with E-state index in [2.05, 4.69) is 11.2 Å². The Morgan fingerprint density at radius 1 is 1.43 bits per heavy atom. The number of hydrogen-bond donors (Lipinski definition) is 1. The van der Waals surface area contributed by atoms with Gasteiger partial charge >= 0.3 is 0 Å². The standard InChI is InChI=1S/C16H22N2O2S/c1-3-10-18(11-4-2)21(19,20)16-7-5-6-14(12-16)13-17-15-8-9-15/h1,5-7,12,15,17H,4,8-11,13H2,2H3. The van der Waals surface area contributed by atoms with Crippen molar-refractivity contribution in [3.63, 3.8) is 0 Å². The lowest BCUT2D eigenvalue weighted by Crippen LogP contribution is -2.32. The molecule has 1 aromatic rings. The third-order valence-electron chi connectivity index (χ3n) is 3.45. The van der Waals surface area contributed by atoms with E-state index >= 15 is 0 Å². The van der Waals surface area contributed by atoms with Crippen molar-refractivity contribution in [3.05, 3.63) is 29.8 Å². The molecule has 2 rings (SSSR count). The third kappa shape index (κ3) is 4.31. The van der Waals surface area contributed by atoms with Gasteiger partial charge in [0.1, 0.15) is 0 Å². The molecule has 114 valence electrons. The second kappa shape index (κ2) is 7.08. The number of terminal acetylenes is 1. The minimum Gasteiger partial charge on any atom is -0.310 e. The second-order valence-corrected chi connectivity index (χ2v) is 7.28. The fourth-order valence-corrected chi connectivity index (χ4v) is 3.67. The van der Waals surface area contributed by atoms with E-state index in [0.29, 0.717) is 24.0 Å². The van der Waals surface area contributed by atoms with Crippen LogP contribution in [0.4, 0.5) is 0 Å². The summed E-state index contributed by atoms with van der Waals surface area (Å²) >= 11 is 0. The molecular formula is C16H22N2O2S. The van der Waals surface area contributed by atoms with E-state index in [9.17, 15) is 8.42 Å². The van der Waals surface area contributed by atoms with Crippen LogP contribution in [0.2, 0.25) is 0 Å². The lowest BCUT2D eigenvalue weighted by atomic mass is 10.2. The highest BCUT2D eigenvalue weighted by Gasteiger charge is 2.24. The summed E-state index contributed by atoms with van der Waals surface area (Å²) in [6.07, 6.45) is 8.45. The van der Waals surface area contributed by atoms with E-state index in [4.69, 9.17) is 6.42 Å². The van der Waals surface area contributed by atoms with Crippen LogP contribution in [0, 0.1) is 12.3 Å². The van der Waals surface area contributed by atoms with Gasteiger partial charge < -0.3 is 5.32 Å². The molecule has 0 aliphatic heterocycles. The van der Waals surface area contributed by atoms with Crippen molar-refractivity contribution in [2.24, 2.45) is 0 Å². The summed E-state index contributed by atoms with van der Waals surface area (Å²) in [4.78, 5) is 0.321. The first kappa shape index (κ1) is 16.0. The Kier molecular flexibility index (Phi) is 5.40. The highest BCUT2D eigenvalue weighted by atomic mass is 32.2. The van der Waals surface area contributed by atoms with Gasteiger partial charge in [-0.2, -0.15) is 4.31 Å². The fourth-order valence-electron chi connectivity index (χ4n) is 2.15. The molecule has 4 nitrogen and oxygen atoms in total. The predicted molar refractivity (Wildman–Crippen MR) is 84.2 cm³/mol. The Hall–Kier alpha value is -1.35. The van der Waals surface area contributed by atoms with Crippen LogP contribution in [0.1, 0.15) is 31.7 Å². The van der Waals surface area contributed by atoms with Gasteiger partial charge in [0.25, 0.3) is 0 Å². The zero-order valence-corrected chi connectivity index (χ0v) is 13.2. The van der Waals surface area contributed by atoms with Crippen LogP contribution in [0.3, 0.4) is 0 Å². The average Bonchev–Trinajstić information content (AvgIpc) is 3.29. The Morgan fingerprint density at radius 2 is 2.19 bits per heavy atom. The SMILES string of the molecule is C#CCN(CCC)S(=O)(=O)c1cccc(CNC2CC2)c1. The number of hydrogen-bond acceptors (Lipinski definition) is 3. The van der Waals surface area contributed by atoms with Crippen molar-refractivity contribution in [1.29, 1.82) is 0 Å². The van der Waals surface area contributed by atoms with Crippen LogP contribution in [0.25, 0.3) is 0 Å². The summed E-state index contributed by atoms with van der Waals surface area (Å²) in [7, 11) is -3.51. The normalized spacial score (nSPS) is 15.1. The number of sulfonamides is 1. The molecule has 0 radical (unpaired) electrons. The van der Waals surface area contributed by atoms with E-state index in [1.165, 1.54) is 17.1 Å². The maximum Gasteiger partial charge on any atom is 0.243 e. The molecule has 1 aromatic carbocycles. The van der Waals surface area contributed by atoms with Crippen LogP contribution in [-0.2, 0) is 16.6 Å². The second-order valence-electron chi connectivity index (χ2n) is 5.35. The van der Waals surface area contributed by atoms with Gasteiger partial charge in [-0.1, -0.05) is 25.0 Å². The first-order valence-electron chi connectivity index (χ1n) is 7.34. The molecular weight excluding hydrogens is 284 g/mol. The topological polar surface area (TPSA) is 49.4 Å². The monoisotopic (exact) mass is 306 g/mol. The summed E-state index contributed by atoms with van der Waals surface area (Å²) in [5, 5.41) is 3.39. The van der Waals surface area contributed by atoms with E-state index in [0.717, 1.165) is 12.0 Å². The van der Waals surface area contributed by atoms with E-state index in [1.807, 2.05) is 13.0 Å². The molecule has 0 atom stereocenters. The molecule has 0 amide bonds. The molecule has 0 bridgehead atoms. The number of nitrogens with one attached hydrogen (secondary N) is 1. The van der Waals surface area contributed by atoms with E-state index in [-0.39, 0.29) is 6.54 Å². The highest BCUT2D eigenvalue weighted by Crippen LogP contribution is 2.21. The van der Waals surface area contributed by atoms with Gasteiger partial charge in [-0.25, -0.2) is 8.42 Å². The van der Waals surface area contributed by atoms with Gasteiger partial charge in [-0.15, -0.1) is 6.42 Å². The Bertz CT molecular complexity index is 615. The maximum atomic E-state index is 12.6. The molecule has 21 heavy (non-hydrogen) atoms. The molecule has 1 aliphatic rings. The molecule has 0 aromatic heterocycles. The molecule has 5 heteroatoms. The van der Waals surface area contributed by atoms with Crippen molar-refractivity contribution >= 4 is 10.0 Å². The molecule has 0 spiro atoms. The Morgan fingerprint density at radius 3 is 2.81 bits per heavy atom. The summed E-state index contributed by atoms with van der Waals surface area (Å²) in [6, 6.07) is 7.71. The van der Waals surface area contributed by atoms with Crippen LogP contribution >= 0.6 is 0 Å². The maximum absolute atomic E-state index is 12.6. The molecule has 1 fully saturated rings. The molecule has 1 saturated carbocycles. The molecule has 1 N–H and O–H groups in total. The van der Waals surface area contributed by atoms with Crippen molar-refractivity contribution in [3.8, 4) is 12.3 Å². The minimum absolute atomic E-state index is 0.112. The number of nitrogens with zero attached hydrogens (tertiary/aromatic N) is 1. The van der Waals surface area contributed by atoms with Crippen LogP contribution in [0.5, 0.6) is 0 Å². The van der Waals surface area contributed by atoms with Crippen LogP contribution in [-0.4, -0.2) is 31.9 Å². The minimum atomic E-state index is -3.51. The van der Waals surface area contributed by atoms with Crippen molar-refractivity contribution < 1.29 is 8.42 Å². The van der Waals surface area contributed by atoms with Gasteiger partial charge in [0.2, 0.25) is 10.0 Å². The smallest absolute Gasteiger partial charge is 0.243 e. The van der Waals surface area contributed by atoms with Gasteiger partial charge in [-0.05, 0) is 37.0 Å². The molecule has 0 saturated heterocycles. The zero-order chi connectivity index (χ0) is 15.3. The number of rotatable bonds is 8. The van der Waals surface area contributed by atoms with Gasteiger partial charge in [-0.3, -0.25) is 0 Å². The first-order chi connectivity index (χ1) is 10.1. The summed E-state index contributed by atoms with van der Waals surface area (Å²) in [6.45, 7) is 3.20. The molecule has 0 unspecified atom stereocenters. The van der Waals surface area contributed by atoms with E-state index < -0.39 is 10.0 Å². The molecule has 1 aliphatic carbocycles. The Balaban J connectivity index is 2.17. The van der Waals surface area contributed by atoms with Crippen LogP contribution in [0.15, 0.2) is 29.2 Å². The predicted octanol–water partition coefficient (Wildman–Crippen LogP) is 1.97. The summed E-state index contributed by atoms with van der Waals surface area (Å²) in [5.41, 5.74) is 0.986.